The molecule has 3 heterocycles. The predicted octanol–water partition coefficient (Wildman–Crippen LogP) is 2.28. The second-order valence-electron chi connectivity index (χ2n) is 4.66. The zero-order chi connectivity index (χ0) is 15.3. The minimum atomic E-state index is -0.420. The number of rotatable bonds is 2. The number of nitro benzene ring substituents is 1. The molecule has 8 nitrogen and oxygen atoms in total. The number of hydrogen-bond acceptors (Lipinski definition) is 4. The van der Waals surface area contributed by atoms with Gasteiger partial charge in [-0.1, -0.05) is 4.98 Å². The first-order valence-electron chi connectivity index (χ1n) is 6.31. The molecule has 4 rings (SSSR count). The molecular weight excluding hydrogens is 308 g/mol. The van der Waals surface area contributed by atoms with Crippen LogP contribution in [-0.4, -0.2) is 24.4 Å². The van der Waals surface area contributed by atoms with Gasteiger partial charge >= 0.3 is 10.9 Å². The van der Waals surface area contributed by atoms with E-state index in [-0.39, 0.29) is 11.0 Å². The van der Waals surface area contributed by atoms with Gasteiger partial charge in [0.05, 0.1) is 10.4 Å². The number of halogens is 1. The van der Waals surface area contributed by atoms with Crippen molar-refractivity contribution in [1.29, 1.82) is 0 Å². The van der Waals surface area contributed by atoms with Crippen LogP contribution in [0.2, 0.25) is 5.28 Å². The Balaban J connectivity index is 2.00. The van der Waals surface area contributed by atoms with E-state index in [9.17, 15) is 10.1 Å². The molecule has 0 aliphatic rings. The normalized spacial score (nSPS) is 11.3. The number of nitrogens with one attached hydrogen (secondary N) is 2. The van der Waals surface area contributed by atoms with E-state index in [1.54, 1.807) is 29.2 Å². The SMILES string of the molecule is O=[N+]([O-])c1ccc2c(ccn2-c2nc(Cl)nc3[nH+]c[nH]c23)c1. The van der Waals surface area contributed by atoms with Gasteiger partial charge in [-0.2, -0.15) is 4.98 Å². The van der Waals surface area contributed by atoms with Crippen LogP contribution in [-0.2, 0) is 0 Å². The minimum Gasteiger partial charge on any atom is -0.298 e. The minimum absolute atomic E-state index is 0.0457. The maximum atomic E-state index is 10.9. The number of aromatic amines is 2. The van der Waals surface area contributed by atoms with Crippen LogP contribution < -0.4 is 4.98 Å². The average molecular weight is 316 g/mol. The first kappa shape index (κ1) is 12.7. The Kier molecular flexibility index (Phi) is 2.60. The highest BCUT2D eigenvalue weighted by atomic mass is 35.5. The summed E-state index contributed by atoms with van der Waals surface area (Å²) in [7, 11) is 0. The van der Waals surface area contributed by atoms with Crippen LogP contribution in [0.25, 0.3) is 27.9 Å². The summed E-state index contributed by atoms with van der Waals surface area (Å²) >= 11 is 5.96. The Morgan fingerprint density at radius 2 is 2.18 bits per heavy atom. The highest BCUT2D eigenvalue weighted by molar-refractivity contribution is 6.28. The van der Waals surface area contributed by atoms with E-state index < -0.39 is 4.92 Å². The molecule has 0 atom stereocenters. The molecule has 4 aromatic rings. The lowest BCUT2D eigenvalue weighted by molar-refractivity contribution is -0.384. The summed E-state index contributed by atoms with van der Waals surface area (Å²) in [5, 5.41) is 11.7. The largest absolute Gasteiger partial charge is 0.306 e. The Labute approximate surface area is 127 Å². The number of H-pyrrole nitrogens is 2. The van der Waals surface area contributed by atoms with Gasteiger partial charge in [0, 0.05) is 23.7 Å². The molecule has 0 spiro atoms. The highest BCUT2D eigenvalue weighted by Gasteiger charge is 2.18. The smallest absolute Gasteiger partial charge is 0.298 e. The molecule has 9 heteroatoms. The van der Waals surface area contributed by atoms with Gasteiger partial charge in [-0.25, -0.2) is 4.98 Å². The number of non-ortho nitro benzene ring substituents is 1. The van der Waals surface area contributed by atoms with Crippen molar-refractivity contribution in [3.63, 3.8) is 0 Å². The van der Waals surface area contributed by atoms with E-state index in [0.29, 0.717) is 17.0 Å². The van der Waals surface area contributed by atoms with Gasteiger partial charge in [0.15, 0.2) is 12.1 Å². The number of aromatic nitrogens is 5. The van der Waals surface area contributed by atoms with Crippen LogP contribution in [0, 0.1) is 10.1 Å². The molecule has 0 amide bonds. The number of imidazole rings is 1. The molecule has 0 radical (unpaired) electrons. The van der Waals surface area contributed by atoms with Crippen molar-refractivity contribution in [2.45, 2.75) is 0 Å². The van der Waals surface area contributed by atoms with Crippen molar-refractivity contribution >= 4 is 39.4 Å². The zero-order valence-corrected chi connectivity index (χ0v) is 11.7. The maximum Gasteiger partial charge on any atom is 0.306 e. The van der Waals surface area contributed by atoms with E-state index in [4.69, 9.17) is 11.6 Å². The number of hydrogen-bond donors (Lipinski definition) is 1. The van der Waals surface area contributed by atoms with Gasteiger partial charge in [-0.3, -0.25) is 19.7 Å². The van der Waals surface area contributed by atoms with Crippen LogP contribution >= 0.6 is 11.6 Å². The predicted molar refractivity (Wildman–Crippen MR) is 78.9 cm³/mol. The van der Waals surface area contributed by atoms with Gasteiger partial charge in [0.2, 0.25) is 5.52 Å². The van der Waals surface area contributed by atoms with Gasteiger partial charge in [0.1, 0.15) is 0 Å². The molecule has 2 N–H and O–H groups in total. The number of fused-ring (bicyclic) bond motifs is 2. The molecule has 22 heavy (non-hydrogen) atoms. The van der Waals surface area contributed by atoms with Crippen LogP contribution in [0.4, 0.5) is 5.69 Å². The maximum absolute atomic E-state index is 10.9. The molecule has 0 aliphatic heterocycles. The van der Waals surface area contributed by atoms with Crippen molar-refractivity contribution in [1.82, 2.24) is 19.5 Å². The van der Waals surface area contributed by atoms with Gasteiger partial charge in [0.25, 0.3) is 5.69 Å². The Morgan fingerprint density at radius 3 is 3.00 bits per heavy atom. The van der Waals surface area contributed by atoms with E-state index in [1.165, 1.54) is 12.1 Å². The van der Waals surface area contributed by atoms with E-state index in [2.05, 4.69) is 19.9 Å². The van der Waals surface area contributed by atoms with Crippen molar-refractivity contribution in [2.75, 3.05) is 0 Å². The van der Waals surface area contributed by atoms with E-state index in [1.807, 2.05) is 0 Å². The molecular formula is C13H8ClN6O2+. The van der Waals surface area contributed by atoms with Gasteiger partial charge < -0.3 is 0 Å². The zero-order valence-electron chi connectivity index (χ0n) is 10.9. The average Bonchev–Trinajstić information content (AvgIpc) is 3.11. The summed E-state index contributed by atoms with van der Waals surface area (Å²) in [5.74, 6) is 0.570. The van der Waals surface area contributed by atoms with E-state index in [0.717, 1.165) is 10.9 Å². The molecule has 0 saturated carbocycles. The summed E-state index contributed by atoms with van der Waals surface area (Å²) in [4.78, 5) is 24.8. The van der Waals surface area contributed by atoms with Crippen molar-refractivity contribution in [2.24, 2.45) is 0 Å². The van der Waals surface area contributed by atoms with Crippen LogP contribution in [0.3, 0.4) is 0 Å². The van der Waals surface area contributed by atoms with Crippen LogP contribution in [0.1, 0.15) is 0 Å². The lowest BCUT2D eigenvalue weighted by Crippen LogP contribution is -2.03. The van der Waals surface area contributed by atoms with Crippen LogP contribution in [0.5, 0.6) is 0 Å². The van der Waals surface area contributed by atoms with E-state index >= 15 is 0 Å². The lowest BCUT2D eigenvalue weighted by Gasteiger charge is -2.03. The first-order valence-corrected chi connectivity index (χ1v) is 6.69. The van der Waals surface area contributed by atoms with Gasteiger partial charge in [-0.05, 0) is 23.7 Å². The summed E-state index contributed by atoms with van der Waals surface area (Å²) < 4.78 is 1.80. The monoisotopic (exact) mass is 315 g/mol. The first-order chi connectivity index (χ1) is 10.6. The van der Waals surface area contributed by atoms with Crippen molar-refractivity contribution in [3.05, 3.63) is 52.2 Å². The summed E-state index contributed by atoms with van der Waals surface area (Å²) in [6.07, 6.45) is 3.42. The number of benzene rings is 1. The Bertz CT molecular complexity index is 1040. The molecule has 1 aromatic carbocycles. The van der Waals surface area contributed by atoms with Crippen molar-refractivity contribution in [3.8, 4) is 5.82 Å². The quantitative estimate of drug-likeness (QED) is 0.348. The van der Waals surface area contributed by atoms with Crippen molar-refractivity contribution < 1.29 is 9.91 Å². The summed E-state index contributed by atoms with van der Waals surface area (Å²) in [6, 6.07) is 6.45. The standard InChI is InChI=1S/C13H7ClN6O2/c14-13-17-11-10(15-6-16-11)12(18-13)19-4-3-7-5-8(20(21)22)1-2-9(7)19/h1-6H,(H,15,16,17,18)/p+1. The molecule has 0 fully saturated rings. The summed E-state index contributed by atoms with van der Waals surface area (Å²) in [6.45, 7) is 0. The molecule has 0 bridgehead atoms. The summed E-state index contributed by atoms with van der Waals surface area (Å²) in [5.41, 5.74) is 2.11. The Hall–Kier alpha value is -3.00. The lowest BCUT2D eigenvalue weighted by atomic mass is 10.2. The highest BCUT2D eigenvalue weighted by Crippen LogP contribution is 2.26. The van der Waals surface area contributed by atoms with Gasteiger partial charge in [-0.15, -0.1) is 0 Å². The third-order valence-electron chi connectivity index (χ3n) is 3.40. The molecule has 0 saturated heterocycles. The third-order valence-corrected chi connectivity index (χ3v) is 3.57. The fourth-order valence-corrected chi connectivity index (χ4v) is 2.60. The molecule has 0 aliphatic carbocycles. The molecule has 108 valence electrons. The second kappa shape index (κ2) is 4.50. The number of nitro groups is 1. The fourth-order valence-electron chi connectivity index (χ4n) is 2.44. The third kappa shape index (κ3) is 1.81. The number of nitrogens with zero attached hydrogens (tertiary/aromatic N) is 4. The molecule has 3 aromatic heterocycles. The Morgan fingerprint density at radius 1 is 1.32 bits per heavy atom. The second-order valence-corrected chi connectivity index (χ2v) is 5.00. The fraction of sp³-hybridized carbons (Fsp3) is 0. The van der Waals surface area contributed by atoms with Crippen LogP contribution in [0.15, 0.2) is 36.8 Å². The molecule has 0 unspecified atom stereocenters. The topological polar surface area (TPSA) is 104 Å².